The van der Waals surface area contributed by atoms with Crippen molar-refractivity contribution in [2.45, 2.75) is 0 Å². The molecule has 0 spiro atoms. The summed E-state index contributed by atoms with van der Waals surface area (Å²) in [4.78, 5) is 0. The smallest absolute Gasteiger partial charge is 0.184 e. The van der Waals surface area contributed by atoms with Crippen LogP contribution in [0.2, 0.25) is 5.02 Å². The van der Waals surface area contributed by atoms with Gasteiger partial charge in [0.2, 0.25) is 0 Å². The highest BCUT2D eigenvalue weighted by Crippen LogP contribution is 2.19. The zero-order valence-electron chi connectivity index (χ0n) is 7.30. The first-order valence-electron chi connectivity index (χ1n) is 3.74. The van der Waals surface area contributed by atoms with E-state index in [9.17, 15) is 8.78 Å². The summed E-state index contributed by atoms with van der Waals surface area (Å²) in [7, 11) is 0. The molecule has 0 bridgehead atoms. The molecule has 1 aromatic carbocycles. The van der Waals surface area contributed by atoms with Gasteiger partial charge in [0, 0.05) is 0 Å². The summed E-state index contributed by atoms with van der Waals surface area (Å²) in [6, 6.07) is 2.15. The number of nitrogens with two attached hydrogens (primary N) is 1. The summed E-state index contributed by atoms with van der Waals surface area (Å²) in [6.07, 6.45) is 1.000. The minimum Gasteiger partial charge on any atom is -0.375 e. The highest BCUT2D eigenvalue weighted by molar-refractivity contribution is 7.80. The molecule has 1 aromatic rings. The van der Waals surface area contributed by atoms with Crippen LogP contribution >= 0.6 is 23.8 Å². The van der Waals surface area contributed by atoms with Gasteiger partial charge in [-0.1, -0.05) is 11.6 Å². The Balaban J connectivity index is 2.98. The van der Waals surface area contributed by atoms with E-state index < -0.39 is 11.6 Å². The third-order valence-corrected chi connectivity index (χ3v) is 1.87. The molecule has 0 aliphatic rings. The predicted molar refractivity (Wildman–Crippen MR) is 58.9 cm³/mol. The summed E-state index contributed by atoms with van der Waals surface area (Å²) in [6.45, 7) is 0. The van der Waals surface area contributed by atoms with Gasteiger partial charge in [-0.05, 0) is 24.4 Å². The van der Waals surface area contributed by atoms with Crippen molar-refractivity contribution in [1.29, 1.82) is 0 Å². The van der Waals surface area contributed by atoms with Gasteiger partial charge in [0.1, 0.15) is 0 Å². The Labute approximate surface area is 94.9 Å². The van der Waals surface area contributed by atoms with E-state index >= 15 is 0 Å². The second-order valence-electron chi connectivity index (χ2n) is 2.49. The van der Waals surface area contributed by atoms with Gasteiger partial charge in [-0.2, -0.15) is 5.10 Å². The van der Waals surface area contributed by atoms with E-state index in [1.807, 2.05) is 0 Å². The Kier molecular flexibility index (Phi) is 3.93. The monoisotopic (exact) mass is 249 g/mol. The van der Waals surface area contributed by atoms with Gasteiger partial charge < -0.3 is 5.73 Å². The number of hydrogen-bond acceptors (Lipinski definition) is 2. The number of halogens is 3. The van der Waals surface area contributed by atoms with Crippen LogP contribution in [0.15, 0.2) is 17.2 Å². The van der Waals surface area contributed by atoms with Crippen LogP contribution in [0.25, 0.3) is 0 Å². The molecule has 0 unspecified atom stereocenters. The molecule has 0 heterocycles. The summed E-state index contributed by atoms with van der Waals surface area (Å²) in [5.74, 6) is -2.08. The molecule has 3 nitrogen and oxygen atoms in total. The molecule has 0 atom stereocenters. The molecule has 1 rings (SSSR count). The van der Waals surface area contributed by atoms with E-state index in [1.165, 1.54) is 6.07 Å². The van der Waals surface area contributed by atoms with Crippen LogP contribution in [0, 0.1) is 11.6 Å². The summed E-state index contributed by atoms with van der Waals surface area (Å²) in [5.41, 5.74) is 7.10. The Morgan fingerprint density at radius 1 is 1.53 bits per heavy atom. The average Bonchev–Trinajstić information content (AvgIpc) is 2.17. The first kappa shape index (κ1) is 11.8. The van der Waals surface area contributed by atoms with Gasteiger partial charge in [0.25, 0.3) is 0 Å². The number of benzene rings is 1. The zero-order chi connectivity index (χ0) is 11.4. The lowest BCUT2D eigenvalue weighted by molar-refractivity contribution is 0.507. The van der Waals surface area contributed by atoms with Crippen molar-refractivity contribution in [3.63, 3.8) is 0 Å². The van der Waals surface area contributed by atoms with Crippen molar-refractivity contribution < 1.29 is 8.78 Å². The number of hydrogen-bond donors (Lipinski definition) is 2. The number of thiocarbonyl (C=S) groups is 1. The van der Waals surface area contributed by atoms with E-state index in [4.69, 9.17) is 17.3 Å². The van der Waals surface area contributed by atoms with E-state index in [2.05, 4.69) is 22.7 Å². The Bertz CT molecular complexity index is 423. The van der Waals surface area contributed by atoms with Crippen LogP contribution < -0.4 is 11.2 Å². The molecule has 0 saturated carbocycles. The molecule has 0 saturated heterocycles. The molecule has 0 radical (unpaired) electrons. The molecular weight excluding hydrogens is 244 g/mol. The lowest BCUT2D eigenvalue weighted by atomic mass is 10.2. The fourth-order valence-electron chi connectivity index (χ4n) is 0.822. The Hall–Kier alpha value is -1.27. The molecule has 0 aliphatic carbocycles. The van der Waals surface area contributed by atoms with Gasteiger partial charge in [0.15, 0.2) is 16.7 Å². The van der Waals surface area contributed by atoms with Gasteiger partial charge >= 0.3 is 0 Å². The topological polar surface area (TPSA) is 50.4 Å². The van der Waals surface area contributed by atoms with Gasteiger partial charge in [-0.25, -0.2) is 8.78 Å². The maximum atomic E-state index is 13.1. The van der Waals surface area contributed by atoms with Crippen molar-refractivity contribution in [3.05, 3.63) is 34.4 Å². The zero-order valence-corrected chi connectivity index (χ0v) is 8.87. The fraction of sp³-hybridized carbons (Fsp3) is 0. The minimum absolute atomic E-state index is 0.0439. The third kappa shape index (κ3) is 3.10. The lowest BCUT2D eigenvalue weighted by Crippen LogP contribution is -2.24. The van der Waals surface area contributed by atoms with E-state index in [1.54, 1.807) is 0 Å². The van der Waals surface area contributed by atoms with Crippen molar-refractivity contribution in [1.82, 2.24) is 5.43 Å². The molecule has 0 aliphatic heterocycles. The molecule has 3 N–H and O–H groups in total. The largest absolute Gasteiger partial charge is 0.375 e. The Morgan fingerprint density at radius 3 is 2.80 bits per heavy atom. The molecular formula is C8H6ClF2N3S. The third-order valence-electron chi connectivity index (χ3n) is 1.45. The highest BCUT2D eigenvalue weighted by Gasteiger charge is 2.10. The van der Waals surface area contributed by atoms with E-state index in [0.717, 1.165) is 12.3 Å². The molecule has 0 amide bonds. The number of hydrazone groups is 1. The van der Waals surface area contributed by atoms with Gasteiger partial charge in [-0.15, -0.1) is 0 Å². The summed E-state index contributed by atoms with van der Waals surface area (Å²) < 4.78 is 25.9. The molecule has 7 heteroatoms. The fourth-order valence-corrected chi connectivity index (χ4v) is 1.07. The van der Waals surface area contributed by atoms with Crippen LogP contribution in [0.4, 0.5) is 8.78 Å². The van der Waals surface area contributed by atoms with Crippen LogP contribution in [-0.4, -0.2) is 11.3 Å². The first-order chi connectivity index (χ1) is 7.02. The van der Waals surface area contributed by atoms with Crippen molar-refractivity contribution in [3.8, 4) is 0 Å². The van der Waals surface area contributed by atoms with E-state index in [0.29, 0.717) is 0 Å². The number of rotatable bonds is 2. The maximum Gasteiger partial charge on any atom is 0.184 e. The first-order valence-corrected chi connectivity index (χ1v) is 4.53. The van der Waals surface area contributed by atoms with Crippen molar-refractivity contribution in [2.75, 3.05) is 0 Å². The standard InChI is InChI=1S/C8H6ClF2N3S/c9-5-1-2-6(10)7(11)4(5)3-13-14-8(12)15/h1-3H,(H3,12,14,15). The van der Waals surface area contributed by atoms with E-state index in [-0.39, 0.29) is 15.7 Å². The van der Waals surface area contributed by atoms with Crippen LogP contribution in [-0.2, 0) is 0 Å². The number of nitrogens with one attached hydrogen (secondary N) is 1. The SMILES string of the molecule is NC(=S)NN=Cc1c(Cl)ccc(F)c1F. The van der Waals surface area contributed by atoms with Crippen molar-refractivity contribution >= 4 is 35.1 Å². The predicted octanol–water partition coefficient (Wildman–Crippen LogP) is 1.79. The quantitative estimate of drug-likeness (QED) is 0.364. The molecule has 0 aromatic heterocycles. The second-order valence-corrected chi connectivity index (χ2v) is 3.34. The number of nitrogens with zero attached hydrogens (tertiary/aromatic N) is 1. The molecule has 0 fully saturated rings. The second kappa shape index (κ2) is 4.99. The minimum atomic E-state index is -1.07. The normalized spacial score (nSPS) is 10.6. The van der Waals surface area contributed by atoms with Crippen LogP contribution in [0.1, 0.15) is 5.56 Å². The highest BCUT2D eigenvalue weighted by atomic mass is 35.5. The van der Waals surface area contributed by atoms with Crippen molar-refractivity contribution in [2.24, 2.45) is 10.8 Å². The summed E-state index contributed by atoms with van der Waals surface area (Å²) in [5, 5.41) is 3.43. The maximum absolute atomic E-state index is 13.1. The Morgan fingerprint density at radius 2 is 2.20 bits per heavy atom. The van der Waals surface area contributed by atoms with Gasteiger partial charge in [-0.3, -0.25) is 5.43 Å². The molecule has 15 heavy (non-hydrogen) atoms. The van der Waals surface area contributed by atoms with Crippen LogP contribution in [0.5, 0.6) is 0 Å². The van der Waals surface area contributed by atoms with Crippen LogP contribution in [0.3, 0.4) is 0 Å². The molecule has 80 valence electrons. The summed E-state index contributed by atoms with van der Waals surface area (Å²) >= 11 is 10.1. The lowest BCUT2D eigenvalue weighted by Gasteiger charge is -2.00. The average molecular weight is 250 g/mol. The van der Waals surface area contributed by atoms with Gasteiger partial charge in [0.05, 0.1) is 16.8 Å².